The molecule has 0 heterocycles. The van der Waals surface area contributed by atoms with Gasteiger partial charge in [-0.15, -0.1) is 0 Å². The highest BCUT2D eigenvalue weighted by atomic mass is 35.5. The van der Waals surface area contributed by atoms with Crippen LogP contribution in [-0.4, -0.2) is 44.5 Å². The molecule has 2 amide bonds. The van der Waals surface area contributed by atoms with E-state index < -0.39 is 29.5 Å². The molecular formula is C27H26ClF3N2O3. The van der Waals surface area contributed by atoms with Gasteiger partial charge in [-0.3, -0.25) is 9.59 Å². The van der Waals surface area contributed by atoms with E-state index in [0.717, 1.165) is 12.1 Å². The summed E-state index contributed by atoms with van der Waals surface area (Å²) >= 11 is 6.32. The fraction of sp³-hybridized carbons (Fsp3) is 0.259. The summed E-state index contributed by atoms with van der Waals surface area (Å²) in [6, 6.07) is 18.3. The number of ether oxygens (including phenoxy) is 1. The number of likely N-dealkylation sites (N-methyl/N-ethyl adjacent to an activating group) is 1. The summed E-state index contributed by atoms with van der Waals surface area (Å²) in [6.45, 7) is 0.108. The minimum Gasteiger partial charge on any atom is -0.495 e. The SMILES string of the molecule is COc1ccc(N(CCc2ccc(C(F)(F)F)cc2)C(=O)C(C(=O)N(C)C)c2ccccc2)cc1Cl. The fourth-order valence-electron chi connectivity index (χ4n) is 3.74. The van der Waals surface area contributed by atoms with Gasteiger partial charge < -0.3 is 14.5 Å². The lowest BCUT2D eigenvalue weighted by Gasteiger charge is -2.29. The van der Waals surface area contributed by atoms with Crippen LogP contribution in [0.1, 0.15) is 22.6 Å². The van der Waals surface area contributed by atoms with Crippen molar-refractivity contribution in [2.45, 2.75) is 18.5 Å². The van der Waals surface area contributed by atoms with Gasteiger partial charge in [-0.25, -0.2) is 0 Å². The first-order chi connectivity index (χ1) is 17.0. The van der Waals surface area contributed by atoms with Crippen LogP contribution in [0.25, 0.3) is 0 Å². The second-order valence-corrected chi connectivity index (χ2v) is 8.74. The number of methoxy groups -OCH3 is 1. The molecule has 190 valence electrons. The van der Waals surface area contributed by atoms with Crippen LogP contribution in [0.4, 0.5) is 18.9 Å². The molecule has 0 aromatic heterocycles. The first-order valence-electron chi connectivity index (χ1n) is 11.1. The molecule has 5 nitrogen and oxygen atoms in total. The molecule has 1 unspecified atom stereocenters. The van der Waals surface area contributed by atoms with Gasteiger partial charge in [-0.05, 0) is 47.9 Å². The largest absolute Gasteiger partial charge is 0.495 e. The first-order valence-corrected chi connectivity index (χ1v) is 11.5. The highest BCUT2D eigenvalue weighted by molar-refractivity contribution is 6.32. The highest BCUT2D eigenvalue weighted by Crippen LogP contribution is 2.32. The van der Waals surface area contributed by atoms with Crippen molar-refractivity contribution < 1.29 is 27.5 Å². The molecule has 3 aromatic rings. The number of alkyl halides is 3. The molecule has 0 bridgehead atoms. The monoisotopic (exact) mass is 518 g/mol. The number of halogens is 4. The van der Waals surface area contributed by atoms with Crippen LogP contribution in [0, 0.1) is 0 Å². The van der Waals surface area contributed by atoms with E-state index in [1.165, 1.54) is 29.0 Å². The minimum atomic E-state index is -4.43. The van der Waals surface area contributed by atoms with Crippen LogP contribution in [0.3, 0.4) is 0 Å². The number of benzene rings is 3. The van der Waals surface area contributed by atoms with E-state index in [1.54, 1.807) is 62.6 Å². The zero-order valence-electron chi connectivity index (χ0n) is 20.1. The third-order valence-electron chi connectivity index (χ3n) is 5.69. The topological polar surface area (TPSA) is 49.9 Å². The molecule has 0 aliphatic heterocycles. The van der Waals surface area contributed by atoms with Gasteiger partial charge in [-0.1, -0.05) is 54.1 Å². The summed E-state index contributed by atoms with van der Waals surface area (Å²) in [4.78, 5) is 29.8. The van der Waals surface area contributed by atoms with Gasteiger partial charge in [0.25, 0.3) is 0 Å². The van der Waals surface area contributed by atoms with Crippen molar-refractivity contribution >= 4 is 29.1 Å². The lowest BCUT2D eigenvalue weighted by molar-refractivity contribution is -0.138. The zero-order valence-corrected chi connectivity index (χ0v) is 20.8. The Morgan fingerprint density at radius 1 is 0.944 bits per heavy atom. The smallest absolute Gasteiger partial charge is 0.416 e. The number of amides is 2. The highest BCUT2D eigenvalue weighted by Gasteiger charge is 2.34. The lowest BCUT2D eigenvalue weighted by Crippen LogP contribution is -2.43. The van der Waals surface area contributed by atoms with Crippen molar-refractivity contribution in [2.75, 3.05) is 32.6 Å². The summed E-state index contributed by atoms with van der Waals surface area (Å²) in [6.07, 6.45) is -4.18. The van der Waals surface area contributed by atoms with Crippen LogP contribution < -0.4 is 9.64 Å². The Morgan fingerprint density at radius 3 is 2.11 bits per heavy atom. The van der Waals surface area contributed by atoms with E-state index in [2.05, 4.69) is 0 Å². The maximum atomic E-state index is 13.9. The predicted octanol–water partition coefficient (Wildman–Crippen LogP) is 5.82. The van der Waals surface area contributed by atoms with Crippen LogP contribution in [-0.2, 0) is 22.2 Å². The van der Waals surface area contributed by atoms with Crippen molar-refractivity contribution in [2.24, 2.45) is 0 Å². The van der Waals surface area contributed by atoms with Gasteiger partial charge in [0.05, 0.1) is 17.7 Å². The van der Waals surface area contributed by atoms with E-state index in [1.807, 2.05) is 0 Å². The van der Waals surface area contributed by atoms with Crippen molar-refractivity contribution in [3.8, 4) is 5.75 Å². The molecule has 0 spiro atoms. The second kappa shape index (κ2) is 11.5. The van der Waals surface area contributed by atoms with Gasteiger partial charge in [0.2, 0.25) is 11.8 Å². The number of carbonyl (C=O) groups excluding carboxylic acids is 2. The third kappa shape index (κ3) is 6.37. The molecule has 3 rings (SSSR count). The molecule has 36 heavy (non-hydrogen) atoms. The van der Waals surface area contributed by atoms with E-state index >= 15 is 0 Å². The second-order valence-electron chi connectivity index (χ2n) is 8.33. The number of hydrogen-bond acceptors (Lipinski definition) is 3. The van der Waals surface area contributed by atoms with E-state index in [-0.39, 0.29) is 18.0 Å². The molecule has 0 aliphatic rings. The molecule has 1 atom stereocenters. The number of carbonyl (C=O) groups is 2. The van der Waals surface area contributed by atoms with Crippen molar-refractivity contribution in [3.63, 3.8) is 0 Å². The standard InChI is InChI=1S/C27H26ClF3N2O3/c1-32(2)25(34)24(19-7-5-4-6-8-19)26(35)33(21-13-14-23(36-3)22(28)17-21)16-15-18-9-11-20(12-10-18)27(29,30)31/h4-14,17,24H,15-16H2,1-3H3. The van der Waals surface area contributed by atoms with E-state index in [4.69, 9.17) is 16.3 Å². The van der Waals surface area contributed by atoms with Crippen LogP contribution in [0.2, 0.25) is 5.02 Å². The Bertz CT molecular complexity index is 1200. The van der Waals surface area contributed by atoms with Gasteiger partial charge in [0, 0.05) is 26.3 Å². The molecule has 3 aromatic carbocycles. The minimum absolute atomic E-state index is 0.108. The molecule has 9 heteroatoms. The predicted molar refractivity (Wildman–Crippen MR) is 133 cm³/mol. The Hall–Kier alpha value is -3.52. The summed E-state index contributed by atoms with van der Waals surface area (Å²) < 4.78 is 44.0. The van der Waals surface area contributed by atoms with Gasteiger partial charge in [0.1, 0.15) is 11.7 Å². The summed E-state index contributed by atoms with van der Waals surface area (Å²) in [7, 11) is 4.61. The van der Waals surface area contributed by atoms with Crippen LogP contribution >= 0.6 is 11.6 Å². The number of anilines is 1. The maximum Gasteiger partial charge on any atom is 0.416 e. The van der Waals surface area contributed by atoms with Crippen molar-refractivity contribution in [3.05, 3.63) is 94.5 Å². The number of rotatable bonds is 8. The summed E-state index contributed by atoms with van der Waals surface area (Å²) in [5.74, 6) is -1.58. The van der Waals surface area contributed by atoms with Crippen LogP contribution in [0.15, 0.2) is 72.8 Å². The van der Waals surface area contributed by atoms with Crippen molar-refractivity contribution in [1.82, 2.24) is 4.90 Å². The van der Waals surface area contributed by atoms with Crippen molar-refractivity contribution in [1.29, 1.82) is 0 Å². The molecule has 0 N–H and O–H groups in total. The summed E-state index contributed by atoms with van der Waals surface area (Å²) in [5.41, 5.74) is 0.822. The molecule has 0 saturated heterocycles. The zero-order chi connectivity index (χ0) is 26.5. The molecule has 0 saturated carbocycles. The number of nitrogens with zero attached hydrogens (tertiary/aromatic N) is 2. The molecule has 0 aliphatic carbocycles. The third-order valence-corrected chi connectivity index (χ3v) is 5.98. The first kappa shape index (κ1) is 27.1. The average molecular weight is 519 g/mol. The average Bonchev–Trinajstić information content (AvgIpc) is 2.84. The molecule has 0 radical (unpaired) electrons. The Kier molecular flexibility index (Phi) is 8.63. The summed E-state index contributed by atoms with van der Waals surface area (Å²) in [5, 5.41) is 0.275. The van der Waals surface area contributed by atoms with Gasteiger partial charge >= 0.3 is 6.18 Å². The Balaban J connectivity index is 1.99. The van der Waals surface area contributed by atoms with Gasteiger partial charge in [-0.2, -0.15) is 13.2 Å². The number of hydrogen-bond donors (Lipinski definition) is 0. The quantitative estimate of drug-likeness (QED) is 0.353. The van der Waals surface area contributed by atoms with E-state index in [9.17, 15) is 22.8 Å². The Labute approximate surface area is 213 Å². The van der Waals surface area contributed by atoms with Gasteiger partial charge in [0.15, 0.2) is 0 Å². The Morgan fingerprint density at radius 2 is 1.58 bits per heavy atom. The normalized spacial score (nSPS) is 12.1. The molecule has 0 fully saturated rings. The maximum absolute atomic E-state index is 13.9. The van der Waals surface area contributed by atoms with Crippen LogP contribution in [0.5, 0.6) is 5.75 Å². The fourth-order valence-corrected chi connectivity index (χ4v) is 3.99. The molecular weight excluding hydrogens is 493 g/mol. The lowest BCUT2D eigenvalue weighted by atomic mass is 9.95. The van der Waals surface area contributed by atoms with E-state index in [0.29, 0.717) is 22.6 Å².